The van der Waals surface area contributed by atoms with Gasteiger partial charge in [0.1, 0.15) is 0 Å². The number of nitrogens with two attached hydrogens (primary N) is 1. The second-order valence-corrected chi connectivity index (χ2v) is 6.57. The molecule has 1 fully saturated rings. The van der Waals surface area contributed by atoms with Crippen LogP contribution in [0.15, 0.2) is 29.1 Å². The van der Waals surface area contributed by atoms with Crippen LogP contribution in [0.3, 0.4) is 0 Å². The Morgan fingerprint density at radius 1 is 1.25 bits per heavy atom. The number of rotatable bonds is 8. The number of fused-ring (bicyclic) bond motifs is 1. The van der Waals surface area contributed by atoms with E-state index in [1.54, 1.807) is 9.13 Å². The topological polar surface area (TPSA) is 82.0 Å². The van der Waals surface area contributed by atoms with Crippen LogP contribution in [-0.4, -0.2) is 27.6 Å². The molecule has 1 amide bonds. The third kappa shape index (κ3) is 3.38. The number of amides is 1. The average molecular weight is 330 g/mol. The summed E-state index contributed by atoms with van der Waals surface area (Å²) < 4.78 is 3.50. The molecule has 0 bridgehead atoms. The van der Waals surface area contributed by atoms with Crippen molar-refractivity contribution in [1.29, 1.82) is 0 Å². The Bertz CT molecular complexity index is 773. The number of benzene rings is 1. The van der Waals surface area contributed by atoms with Crippen molar-refractivity contribution in [3.05, 3.63) is 34.7 Å². The standard InChI is InChI=1S/C18H26N4O2/c1-2-10-21-15-5-3-4-6-16(15)22(18(21)24)11-9-17(23)20-14(12-19)13-7-8-13/h3-6,13-14H,2,7-12,19H2,1H3,(H,20,23). The van der Waals surface area contributed by atoms with Gasteiger partial charge in [-0.1, -0.05) is 19.1 Å². The van der Waals surface area contributed by atoms with Gasteiger partial charge in [-0.15, -0.1) is 0 Å². The predicted octanol–water partition coefficient (Wildman–Crippen LogP) is 1.46. The molecule has 24 heavy (non-hydrogen) atoms. The molecule has 6 heteroatoms. The highest BCUT2D eigenvalue weighted by atomic mass is 16.2. The van der Waals surface area contributed by atoms with E-state index in [1.807, 2.05) is 24.3 Å². The fraction of sp³-hybridized carbons (Fsp3) is 0.556. The van der Waals surface area contributed by atoms with Crippen molar-refractivity contribution in [3.63, 3.8) is 0 Å². The molecule has 1 aliphatic carbocycles. The molecule has 0 spiro atoms. The van der Waals surface area contributed by atoms with Gasteiger partial charge < -0.3 is 11.1 Å². The summed E-state index contributed by atoms with van der Waals surface area (Å²) in [5.74, 6) is 0.504. The summed E-state index contributed by atoms with van der Waals surface area (Å²) in [5, 5.41) is 3.01. The third-order valence-corrected chi connectivity index (χ3v) is 4.73. The fourth-order valence-corrected chi connectivity index (χ4v) is 3.29. The van der Waals surface area contributed by atoms with Crippen LogP contribution < -0.4 is 16.7 Å². The Balaban J connectivity index is 1.74. The van der Waals surface area contributed by atoms with Crippen LogP contribution in [-0.2, 0) is 17.9 Å². The zero-order chi connectivity index (χ0) is 17.1. The predicted molar refractivity (Wildman–Crippen MR) is 94.8 cm³/mol. The molecular formula is C18H26N4O2. The van der Waals surface area contributed by atoms with Crippen molar-refractivity contribution in [2.24, 2.45) is 11.7 Å². The van der Waals surface area contributed by atoms with E-state index in [9.17, 15) is 9.59 Å². The van der Waals surface area contributed by atoms with Crippen LogP contribution in [0.25, 0.3) is 11.0 Å². The highest BCUT2D eigenvalue weighted by Gasteiger charge is 2.31. The van der Waals surface area contributed by atoms with Crippen LogP contribution in [0.2, 0.25) is 0 Å². The second-order valence-electron chi connectivity index (χ2n) is 6.57. The molecule has 1 heterocycles. The van der Waals surface area contributed by atoms with Gasteiger partial charge in [0.15, 0.2) is 0 Å². The normalized spacial score (nSPS) is 15.6. The lowest BCUT2D eigenvalue weighted by atomic mass is 10.2. The summed E-state index contributed by atoms with van der Waals surface area (Å²) in [6.07, 6.45) is 3.48. The zero-order valence-electron chi connectivity index (χ0n) is 14.2. The van der Waals surface area contributed by atoms with E-state index in [-0.39, 0.29) is 17.6 Å². The van der Waals surface area contributed by atoms with Crippen molar-refractivity contribution >= 4 is 16.9 Å². The maximum absolute atomic E-state index is 12.7. The van der Waals surface area contributed by atoms with Gasteiger partial charge in [0.05, 0.1) is 11.0 Å². The monoisotopic (exact) mass is 330 g/mol. The first-order valence-electron chi connectivity index (χ1n) is 8.83. The van der Waals surface area contributed by atoms with Gasteiger partial charge in [0.2, 0.25) is 5.91 Å². The SMILES string of the molecule is CCCn1c(=O)n(CCC(=O)NC(CN)C2CC2)c2ccccc21. The fourth-order valence-electron chi connectivity index (χ4n) is 3.29. The molecule has 0 saturated heterocycles. The molecule has 1 saturated carbocycles. The number of hydrogen-bond donors (Lipinski definition) is 2. The minimum absolute atomic E-state index is 0.0310. The number of aromatic nitrogens is 2. The van der Waals surface area contributed by atoms with Crippen molar-refractivity contribution in [2.45, 2.75) is 51.7 Å². The number of aryl methyl sites for hydroxylation is 2. The Hall–Kier alpha value is -2.08. The quantitative estimate of drug-likeness (QED) is 0.769. The van der Waals surface area contributed by atoms with E-state index >= 15 is 0 Å². The first-order chi connectivity index (χ1) is 11.7. The highest BCUT2D eigenvalue weighted by Crippen LogP contribution is 2.32. The molecule has 1 aromatic carbocycles. The van der Waals surface area contributed by atoms with Gasteiger partial charge in [0, 0.05) is 32.1 Å². The van der Waals surface area contributed by atoms with Crippen molar-refractivity contribution in [1.82, 2.24) is 14.5 Å². The molecule has 2 aromatic rings. The number of carbonyl (C=O) groups is 1. The lowest BCUT2D eigenvalue weighted by molar-refractivity contribution is -0.122. The first kappa shape index (κ1) is 16.8. The van der Waals surface area contributed by atoms with E-state index in [1.165, 1.54) is 0 Å². The minimum atomic E-state index is -0.0385. The van der Waals surface area contributed by atoms with Gasteiger partial charge in [-0.05, 0) is 37.3 Å². The largest absolute Gasteiger partial charge is 0.352 e. The van der Waals surface area contributed by atoms with Crippen LogP contribution in [0.5, 0.6) is 0 Å². The summed E-state index contributed by atoms with van der Waals surface area (Å²) in [5.41, 5.74) is 7.52. The number of para-hydroxylation sites is 2. The van der Waals surface area contributed by atoms with E-state index in [4.69, 9.17) is 5.73 Å². The molecule has 0 radical (unpaired) electrons. The van der Waals surface area contributed by atoms with Gasteiger partial charge in [-0.2, -0.15) is 0 Å². The average Bonchev–Trinajstić information content (AvgIpc) is 3.39. The maximum atomic E-state index is 12.7. The molecule has 3 N–H and O–H groups in total. The van der Waals surface area contributed by atoms with E-state index < -0.39 is 0 Å². The number of hydrogen-bond acceptors (Lipinski definition) is 3. The number of nitrogens with zero attached hydrogens (tertiary/aromatic N) is 2. The lowest BCUT2D eigenvalue weighted by Gasteiger charge is -2.16. The third-order valence-electron chi connectivity index (χ3n) is 4.73. The molecule has 1 aromatic heterocycles. The molecular weight excluding hydrogens is 304 g/mol. The smallest absolute Gasteiger partial charge is 0.329 e. The van der Waals surface area contributed by atoms with E-state index in [2.05, 4.69) is 12.2 Å². The van der Waals surface area contributed by atoms with Gasteiger partial charge in [0.25, 0.3) is 0 Å². The van der Waals surface area contributed by atoms with Crippen LogP contribution in [0.1, 0.15) is 32.6 Å². The summed E-state index contributed by atoms with van der Waals surface area (Å²) in [7, 11) is 0. The summed E-state index contributed by atoms with van der Waals surface area (Å²) in [6.45, 7) is 3.61. The second kappa shape index (κ2) is 7.21. The Morgan fingerprint density at radius 2 is 1.88 bits per heavy atom. The molecule has 1 aliphatic rings. The maximum Gasteiger partial charge on any atom is 0.329 e. The van der Waals surface area contributed by atoms with Crippen molar-refractivity contribution in [3.8, 4) is 0 Å². The lowest BCUT2D eigenvalue weighted by Crippen LogP contribution is -2.42. The van der Waals surface area contributed by atoms with Gasteiger partial charge in [-0.25, -0.2) is 4.79 Å². The molecule has 1 unspecified atom stereocenters. The summed E-state index contributed by atoms with van der Waals surface area (Å²) in [4.78, 5) is 24.9. The Labute approximate surface area is 141 Å². The van der Waals surface area contributed by atoms with Crippen molar-refractivity contribution in [2.75, 3.05) is 6.54 Å². The molecule has 1 atom stereocenters. The first-order valence-corrected chi connectivity index (χ1v) is 8.83. The van der Waals surface area contributed by atoms with Crippen molar-refractivity contribution < 1.29 is 4.79 Å². The number of imidazole rings is 1. The number of nitrogens with one attached hydrogen (secondary N) is 1. The molecule has 6 nitrogen and oxygen atoms in total. The summed E-state index contributed by atoms with van der Waals surface area (Å²) in [6, 6.07) is 7.84. The molecule has 130 valence electrons. The van der Waals surface area contributed by atoms with Crippen LogP contribution in [0.4, 0.5) is 0 Å². The van der Waals surface area contributed by atoms with E-state index in [0.29, 0.717) is 32.0 Å². The summed E-state index contributed by atoms with van der Waals surface area (Å²) >= 11 is 0. The van der Waals surface area contributed by atoms with Gasteiger partial charge in [-0.3, -0.25) is 13.9 Å². The zero-order valence-corrected chi connectivity index (χ0v) is 14.2. The Morgan fingerprint density at radius 3 is 2.42 bits per heavy atom. The number of carbonyl (C=O) groups excluding carboxylic acids is 1. The highest BCUT2D eigenvalue weighted by molar-refractivity contribution is 5.78. The van der Waals surface area contributed by atoms with E-state index in [0.717, 1.165) is 30.3 Å². The van der Waals surface area contributed by atoms with Gasteiger partial charge >= 0.3 is 5.69 Å². The molecule has 3 rings (SSSR count). The molecule has 0 aliphatic heterocycles. The van der Waals surface area contributed by atoms with Crippen LogP contribution >= 0.6 is 0 Å². The van der Waals surface area contributed by atoms with Crippen LogP contribution in [0, 0.1) is 5.92 Å². The minimum Gasteiger partial charge on any atom is -0.352 e. The Kier molecular flexibility index (Phi) is 5.04.